The highest BCUT2D eigenvalue weighted by Gasteiger charge is 2.32. The van der Waals surface area contributed by atoms with E-state index in [0.717, 1.165) is 18.8 Å². The van der Waals surface area contributed by atoms with Crippen LogP contribution in [0.15, 0.2) is 6.07 Å². The lowest BCUT2D eigenvalue weighted by Crippen LogP contribution is -2.37. The first-order valence-electron chi connectivity index (χ1n) is 6.83. The first kappa shape index (κ1) is 12.5. The summed E-state index contributed by atoms with van der Waals surface area (Å²) < 4.78 is 12.3. The molecule has 0 aromatic carbocycles. The van der Waals surface area contributed by atoms with Gasteiger partial charge >= 0.3 is 5.97 Å². The van der Waals surface area contributed by atoms with Crippen LogP contribution >= 0.6 is 0 Å². The predicted octanol–water partition coefficient (Wildman–Crippen LogP) is 1.53. The Morgan fingerprint density at radius 2 is 2.05 bits per heavy atom. The Balaban J connectivity index is 2.00. The third kappa shape index (κ3) is 2.23. The maximum absolute atomic E-state index is 12.1. The highest BCUT2D eigenvalue weighted by molar-refractivity contribution is 5.95. The predicted molar refractivity (Wildman–Crippen MR) is 71.8 cm³/mol. The van der Waals surface area contributed by atoms with Crippen molar-refractivity contribution in [3.8, 4) is 0 Å². The molecular formula is C14H20N2O3. The molecule has 1 saturated heterocycles. The second-order valence-electron chi connectivity index (χ2n) is 5.23. The molecule has 1 aromatic heterocycles. The van der Waals surface area contributed by atoms with Crippen LogP contribution in [0, 0.1) is 0 Å². The van der Waals surface area contributed by atoms with Crippen LogP contribution in [0.5, 0.6) is 0 Å². The van der Waals surface area contributed by atoms with Crippen molar-refractivity contribution in [1.29, 1.82) is 0 Å². The molecule has 2 aliphatic rings. The molecular weight excluding hydrogens is 244 g/mol. The quantitative estimate of drug-likeness (QED) is 0.777. The van der Waals surface area contributed by atoms with Crippen molar-refractivity contribution in [3.05, 3.63) is 17.5 Å². The highest BCUT2D eigenvalue weighted by atomic mass is 16.5. The fraction of sp³-hybridized carbons (Fsp3) is 0.643. The van der Waals surface area contributed by atoms with Crippen molar-refractivity contribution in [1.82, 2.24) is 4.57 Å². The summed E-state index contributed by atoms with van der Waals surface area (Å²) in [4.78, 5) is 14.3. The third-order valence-corrected chi connectivity index (χ3v) is 3.98. The van der Waals surface area contributed by atoms with Crippen molar-refractivity contribution >= 4 is 11.7 Å². The molecule has 0 unspecified atom stereocenters. The number of rotatable bonds is 3. The van der Waals surface area contributed by atoms with E-state index in [1.54, 1.807) is 0 Å². The van der Waals surface area contributed by atoms with Crippen molar-refractivity contribution in [3.63, 3.8) is 0 Å². The fourth-order valence-electron chi connectivity index (χ4n) is 2.76. The minimum Gasteiger partial charge on any atom is -0.464 e. The van der Waals surface area contributed by atoms with Crippen LogP contribution in [0.25, 0.3) is 0 Å². The third-order valence-electron chi connectivity index (χ3n) is 3.98. The topological polar surface area (TPSA) is 43.7 Å². The van der Waals surface area contributed by atoms with Gasteiger partial charge in [0.15, 0.2) is 5.69 Å². The van der Waals surface area contributed by atoms with Gasteiger partial charge in [0.2, 0.25) is 0 Å². The van der Waals surface area contributed by atoms with Crippen LogP contribution in [-0.4, -0.2) is 43.9 Å². The van der Waals surface area contributed by atoms with E-state index < -0.39 is 0 Å². The first-order valence-corrected chi connectivity index (χ1v) is 6.83. The zero-order valence-electron chi connectivity index (χ0n) is 11.5. The van der Waals surface area contributed by atoms with Gasteiger partial charge in [0.25, 0.3) is 0 Å². The van der Waals surface area contributed by atoms with E-state index in [1.807, 2.05) is 11.6 Å². The zero-order valence-corrected chi connectivity index (χ0v) is 11.5. The van der Waals surface area contributed by atoms with Gasteiger partial charge < -0.3 is 18.9 Å². The van der Waals surface area contributed by atoms with Gasteiger partial charge in [-0.3, -0.25) is 0 Å². The number of carbonyl (C=O) groups is 1. The van der Waals surface area contributed by atoms with E-state index in [2.05, 4.69) is 11.0 Å². The van der Waals surface area contributed by atoms with Gasteiger partial charge in [0.05, 0.1) is 26.0 Å². The fourth-order valence-corrected chi connectivity index (χ4v) is 2.76. The lowest BCUT2D eigenvalue weighted by molar-refractivity contribution is 0.0589. The Kier molecular flexibility index (Phi) is 3.22. The van der Waals surface area contributed by atoms with Gasteiger partial charge in [-0.15, -0.1) is 0 Å². The van der Waals surface area contributed by atoms with Crippen LogP contribution in [0.1, 0.15) is 34.9 Å². The Labute approximate surface area is 113 Å². The molecule has 5 heteroatoms. The van der Waals surface area contributed by atoms with Crippen LogP contribution in [-0.2, 0) is 16.5 Å². The minimum absolute atomic E-state index is 0.254. The van der Waals surface area contributed by atoms with Gasteiger partial charge in [-0.05, 0) is 24.8 Å². The average Bonchev–Trinajstić information content (AvgIpc) is 3.23. The maximum Gasteiger partial charge on any atom is 0.356 e. The number of carbonyl (C=O) groups excluding carboxylic acids is 1. The molecule has 0 bridgehead atoms. The normalized spacial score (nSPS) is 19.6. The number of anilines is 1. The molecule has 2 heterocycles. The number of aromatic nitrogens is 1. The summed E-state index contributed by atoms with van der Waals surface area (Å²) in [5.74, 6) is 0.360. The van der Waals surface area contributed by atoms with E-state index in [4.69, 9.17) is 9.47 Å². The van der Waals surface area contributed by atoms with Crippen molar-refractivity contribution in [2.45, 2.75) is 18.8 Å². The zero-order chi connectivity index (χ0) is 13.4. The molecule has 104 valence electrons. The summed E-state index contributed by atoms with van der Waals surface area (Å²) in [6.45, 7) is 3.10. The smallest absolute Gasteiger partial charge is 0.356 e. The monoisotopic (exact) mass is 264 g/mol. The van der Waals surface area contributed by atoms with Gasteiger partial charge in [-0.2, -0.15) is 0 Å². The molecule has 19 heavy (non-hydrogen) atoms. The van der Waals surface area contributed by atoms with Gasteiger partial charge in [0, 0.05) is 25.8 Å². The Morgan fingerprint density at radius 1 is 1.37 bits per heavy atom. The van der Waals surface area contributed by atoms with Crippen molar-refractivity contribution in [2.75, 3.05) is 38.3 Å². The van der Waals surface area contributed by atoms with Crippen LogP contribution in [0.4, 0.5) is 5.69 Å². The summed E-state index contributed by atoms with van der Waals surface area (Å²) >= 11 is 0. The van der Waals surface area contributed by atoms with Gasteiger partial charge in [-0.25, -0.2) is 4.79 Å². The SMILES string of the molecule is COC(=O)c1c(N2CCOCC2)cc(C2CC2)n1C. The molecule has 0 spiro atoms. The van der Waals surface area contributed by atoms with Crippen LogP contribution in [0.3, 0.4) is 0 Å². The van der Waals surface area contributed by atoms with E-state index >= 15 is 0 Å². The lowest BCUT2D eigenvalue weighted by atomic mass is 10.2. The number of nitrogens with zero attached hydrogens (tertiary/aromatic N) is 2. The summed E-state index contributed by atoms with van der Waals surface area (Å²) in [5.41, 5.74) is 2.92. The number of hydrogen-bond donors (Lipinski definition) is 0. The molecule has 1 saturated carbocycles. The highest BCUT2D eigenvalue weighted by Crippen LogP contribution is 2.43. The number of esters is 1. The lowest BCUT2D eigenvalue weighted by Gasteiger charge is -2.28. The maximum atomic E-state index is 12.1. The molecule has 0 radical (unpaired) electrons. The van der Waals surface area contributed by atoms with Crippen LogP contribution in [0.2, 0.25) is 0 Å². The molecule has 0 N–H and O–H groups in total. The Hall–Kier alpha value is -1.49. The van der Waals surface area contributed by atoms with E-state index in [-0.39, 0.29) is 5.97 Å². The molecule has 1 aromatic rings. The summed E-state index contributed by atoms with van der Waals surface area (Å²) in [6.07, 6.45) is 2.45. The van der Waals surface area contributed by atoms with E-state index in [0.29, 0.717) is 24.8 Å². The first-order chi connectivity index (χ1) is 9.22. The standard InChI is InChI=1S/C14H20N2O3/c1-15-11(10-3-4-10)9-12(13(15)14(17)18-2)16-5-7-19-8-6-16/h9-10H,3-8H2,1-2H3. The van der Waals surface area contributed by atoms with E-state index in [9.17, 15) is 4.79 Å². The number of hydrogen-bond acceptors (Lipinski definition) is 4. The summed E-state index contributed by atoms with van der Waals surface area (Å²) in [5, 5.41) is 0. The molecule has 1 aliphatic heterocycles. The molecule has 0 amide bonds. The summed E-state index contributed by atoms with van der Waals surface area (Å²) in [7, 11) is 3.40. The Bertz CT molecular complexity index is 485. The molecule has 2 fully saturated rings. The summed E-state index contributed by atoms with van der Waals surface area (Å²) in [6, 6.07) is 2.16. The number of morpholine rings is 1. The molecule has 5 nitrogen and oxygen atoms in total. The second kappa shape index (κ2) is 4.89. The second-order valence-corrected chi connectivity index (χ2v) is 5.23. The van der Waals surface area contributed by atoms with Gasteiger partial charge in [-0.1, -0.05) is 0 Å². The van der Waals surface area contributed by atoms with Crippen LogP contribution < -0.4 is 4.90 Å². The Morgan fingerprint density at radius 3 is 2.63 bits per heavy atom. The average molecular weight is 264 g/mol. The van der Waals surface area contributed by atoms with Crippen molar-refractivity contribution < 1.29 is 14.3 Å². The molecule has 1 aliphatic carbocycles. The number of ether oxygens (including phenoxy) is 2. The van der Waals surface area contributed by atoms with Crippen molar-refractivity contribution in [2.24, 2.45) is 7.05 Å². The van der Waals surface area contributed by atoms with E-state index in [1.165, 1.54) is 25.6 Å². The minimum atomic E-state index is -0.254. The number of methoxy groups -OCH3 is 1. The largest absolute Gasteiger partial charge is 0.464 e. The van der Waals surface area contributed by atoms with Gasteiger partial charge in [0.1, 0.15) is 0 Å². The molecule has 3 rings (SSSR count). The molecule has 0 atom stereocenters.